The van der Waals surface area contributed by atoms with Crippen molar-refractivity contribution < 1.29 is 22.5 Å². The van der Waals surface area contributed by atoms with Crippen LogP contribution in [0.1, 0.15) is 53.2 Å². The van der Waals surface area contributed by atoms with Crippen molar-refractivity contribution in [2.24, 2.45) is 0 Å². The maximum Gasteiger partial charge on any atom is 0.258 e. The summed E-state index contributed by atoms with van der Waals surface area (Å²) < 4.78 is 38.5. The highest BCUT2D eigenvalue weighted by atomic mass is 32.2. The fourth-order valence-electron chi connectivity index (χ4n) is 4.40. The summed E-state index contributed by atoms with van der Waals surface area (Å²) in [6.07, 6.45) is 1.48. The van der Waals surface area contributed by atoms with Gasteiger partial charge in [0, 0.05) is 30.9 Å². The van der Waals surface area contributed by atoms with Gasteiger partial charge in [-0.05, 0) is 68.7 Å². The van der Waals surface area contributed by atoms with Crippen LogP contribution in [-0.2, 0) is 23.1 Å². The van der Waals surface area contributed by atoms with Gasteiger partial charge in [-0.3, -0.25) is 4.79 Å². The number of carbonyl (C=O) groups is 1. The maximum atomic E-state index is 13.5. The monoisotopic (exact) mass is 497 g/mol. The van der Waals surface area contributed by atoms with Crippen LogP contribution >= 0.6 is 0 Å². The third-order valence-corrected chi connectivity index (χ3v) is 8.45. The van der Waals surface area contributed by atoms with Gasteiger partial charge in [0.2, 0.25) is 10.0 Å². The van der Waals surface area contributed by atoms with E-state index in [0.29, 0.717) is 43.3 Å². The molecule has 0 N–H and O–H groups in total. The van der Waals surface area contributed by atoms with Crippen LogP contribution in [0, 0.1) is 13.8 Å². The first-order valence-corrected chi connectivity index (χ1v) is 13.3. The van der Waals surface area contributed by atoms with Gasteiger partial charge in [-0.2, -0.15) is 4.31 Å². The molecule has 9 heteroatoms. The van der Waals surface area contributed by atoms with Crippen molar-refractivity contribution >= 4 is 21.6 Å². The van der Waals surface area contributed by atoms with Crippen molar-refractivity contribution in [3.05, 3.63) is 70.6 Å². The lowest BCUT2D eigenvalue weighted by Gasteiger charge is -2.30. The molecule has 0 fully saturated rings. The molecule has 1 aromatic heterocycles. The molecule has 2 heterocycles. The van der Waals surface area contributed by atoms with Gasteiger partial charge in [0.1, 0.15) is 18.1 Å². The molecule has 0 bridgehead atoms. The second-order valence-corrected chi connectivity index (χ2v) is 10.5. The average Bonchev–Trinajstić information content (AvgIpc) is 3.19. The van der Waals surface area contributed by atoms with E-state index in [1.807, 2.05) is 33.8 Å². The van der Waals surface area contributed by atoms with Crippen LogP contribution in [0.5, 0.6) is 5.75 Å². The quantitative estimate of drug-likeness (QED) is 0.455. The molecule has 186 valence electrons. The largest absolute Gasteiger partial charge is 0.489 e. The predicted molar refractivity (Wildman–Crippen MR) is 133 cm³/mol. The number of carbonyl (C=O) groups excluding carboxylic acids is 1. The van der Waals surface area contributed by atoms with Gasteiger partial charge in [0.25, 0.3) is 5.91 Å². The van der Waals surface area contributed by atoms with Crippen LogP contribution in [0.15, 0.2) is 51.9 Å². The topological polar surface area (TPSA) is 93.0 Å². The van der Waals surface area contributed by atoms with Crippen molar-refractivity contribution in [3.8, 4) is 5.75 Å². The highest BCUT2D eigenvalue weighted by molar-refractivity contribution is 7.89. The third-order valence-electron chi connectivity index (χ3n) is 6.40. The fourth-order valence-corrected chi connectivity index (χ4v) is 5.90. The summed E-state index contributed by atoms with van der Waals surface area (Å²) >= 11 is 0. The predicted octanol–water partition coefficient (Wildman–Crippen LogP) is 4.49. The number of hydrogen-bond acceptors (Lipinski definition) is 6. The molecule has 0 atom stereocenters. The molecule has 2 aromatic carbocycles. The Hall–Kier alpha value is -3.17. The molecule has 0 saturated carbocycles. The Morgan fingerprint density at radius 3 is 2.60 bits per heavy atom. The summed E-state index contributed by atoms with van der Waals surface area (Å²) in [7, 11) is -3.56. The van der Waals surface area contributed by atoms with E-state index in [2.05, 4.69) is 5.16 Å². The van der Waals surface area contributed by atoms with Gasteiger partial charge in [-0.25, -0.2) is 8.42 Å². The van der Waals surface area contributed by atoms with Crippen LogP contribution in [0.2, 0.25) is 0 Å². The van der Waals surface area contributed by atoms with Gasteiger partial charge in [0.15, 0.2) is 0 Å². The normalized spacial score (nSPS) is 13.7. The second-order valence-electron chi connectivity index (χ2n) is 8.56. The highest BCUT2D eigenvalue weighted by Gasteiger charge is 2.27. The van der Waals surface area contributed by atoms with Crippen molar-refractivity contribution in [2.45, 2.75) is 52.0 Å². The zero-order valence-corrected chi connectivity index (χ0v) is 21.4. The molecule has 0 unspecified atom stereocenters. The molecular formula is C26H31N3O5S. The Balaban J connectivity index is 1.56. The van der Waals surface area contributed by atoms with Crippen molar-refractivity contribution in [3.63, 3.8) is 0 Å². The van der Waals surface area contributed by atoms with Gasteiger partial charge in [-0.1, -0.05) is 25.1 Å². The van der Waals surface area contributed by atoms with E-state index < -0.39 is 10.0 Å². The Bertz CT molecular complexity index is 1310. The Kier molecular flexibility index (Phi) is 7.28. The lowest BCUT2D eigenvalue weighted by Crippen LogP contribution is -2.36. The molecule has 0 aliphatic carbocycles. The Morgan fingerprint density at radius 2 is 1.91 bits per heavy atom. The second kappa shape index (κ2) is 10.2. The van der Waals surface area contributed by atoms with Crippen LogP contribution in [0.4, 0.5) is 5.69 Å². The maximum absolute atomic E-state index is 13.5. The molecule has 1 aliphatic rings. The minimum atomic E-state index is -3.56. The summed E-state index contributed by atoms with van der Waals surface area (Å²) in [6, 6.07) is 12.2. The number of rotatable bonds is 8. The van der Waals surface area contributed by atoms with E-state index in [9.17, 15) is 13.2 Å². The summed E-state index contributed by atoms with van der Waals surface area (Å²) in [5.74, 6) is 1.14. The van der Waals surface area contributed by atoms with E-state index in [0.717, 1.165) is 35.3 Å². The SMILES string of the molecule is CCN(CC)S(=O)(=O)c1ccc2c(c1)CCCN2C(=O)c1cccc(OCc2c(C)noc2C)c1. The van der Waals surface area contributed by atoms with Crippen molar-refractivity contribution in [2.75, 3.05) is 24.5 Å². The fraction of sp³-hybridized carbons (Fsp3) is 0.385. The summed E-state index contributed by atoms with van der Waals surface area (Å²) in [4.78, 5) is 15.4. The molecular weight excluding hydrogens is 466 g/mol. The average molecular weight is 498 g/mol. The van der Waals surface area contributed by atoms with Crippen molar-refractivity contribution in [1.29, 1.82) is 0 Å². The standard InChI is InChI=1S/C26H31N3O5S/c1-5-28(6-2)35(31,32)23-12-13-25-20(16-23)10-8-14-29(25)26(30)21-9-7-11-22(15-21)33-17-24-18(3)27-34-19(24)4/h7,9,11-13,15-16H,5-6,8,10,14,17H2,1-4H3. The van der Waals surface area contributed by atoms with E-state index in [1.54, 1.807) is 41.3 Å². The smallest absolute Gasteiger partial charge is 0.258 e. The first kappa shape index (κ1) is 24.9. The van der Waals surface area contributed by atoms with Gasteiger partial charge in [0.05, 0.1) is 16.2 Å². The summed E-state index contributed by atoms with van der Waals surface area (Å²) in [6.45, 7) is 9.04. The minimum absolute atomic E-state index is 0.145. The Morgan fingerprint density at radius 1 is 1.14 bits per heavy atom. The number of anilines is 1. The molecule has 1 amide bonds. The number of nitrogens with zero attached hydrogens (tertiary/aromatic N) is 3. The number of fused-ring (bicyclic) bond motifs is 1. The molecule has 0 spiro atoms. The first-order valence-electron chi connectivity index (χ1n) is 11.9. The van der Waals surface area contributed by atoms with Gasteiger partial charge in [-0.15, -0.1) is 0 Å². The van der Waals surface area contributed by atoms with E-state index in [4.69, 9.17) is 9.26 Å². The number of hydrogen-bond donors (Lipinski definition) is 0. The molecule has 35 heavy (non-hydrogen) atoms. The lowest BCUT2D eigenvalue weighted by molar-refractivity contribution is 0.0984. The molecule has 0 saturated heterocycles. The number of aryl methyl sites for hydroxylation is 3. The minimum Gasteiger partial charge on any atom is -0.489 e. The molecule has 3 aromatic rings. The zero-order valence-electron chi connectivity index (χ0n) is 20.6. The van der Waals surface area contributed by atoms with Crippen LogP contribution in [-0.4, -0.2) is 43.4 Å². The van der Waals surface area contributed by atoms with Crippen LogP contribution in [0.3, 0.4) is 0 Å². The van der Waals surface area contributed by atoms with Gasteiger partial charge >= 0.3 is 0 Å². The summed E-state index contributed by atoms with van der Waals surface area (Å²) in [5, 5.41) is 3.94. The summed E-state index contributed by atoms with van der Waals surface area (Å²) in [5.41, 5.74) is 3.79. The van der Waals surface area contributed by atoms with E-state index >= 15 is 0 Å². The molecule has 1 aliphatic heterocycles. The zero-order chi connectivity index (χ0) is 25.2. The third kappa shape index (κ3) is 4.97. The van der Waals surface area contributed by atoms with Crippen LogP contribution in [0.25, 0.3) is 0 Å². The Labute approximate surface area is 206 Å². The molecule has 8 nitrogen and oxygen atoms in total. The number of ether oxygens (including phenoxy) is 1. The number of benzene rings is 2. The lowest BCUT2D eigenvalue weighted by atomic mass is 10.0. The van der Waals surface area contributed by atoms with Gasteiger partial charge < -0.3 is 14.2 Å². The van der Waals surface area contributed by atoms with Crippen LogP contribution < -0.4 is 9.64 Å². The number of amides is 1. The van der Waals surface area contributed by atoms with Crippen molar-refractivity contribution in [1.82, 2.24) is 9.46 Å². The number of sulfonamides is 1. The first-order chi connectivity index (χ1) is 16.8. The van der Waals surface area contributed by atoms with E-state index in [1.165, 1.54) is 4.31 Å². The molecule has 0 radical (unpaired) electrons. The van der Waals surface area contributed by atoms with E-state index in [-0.39, 0.29) is 10.8 Å². The molecule has 4 rings (SSSR count). The highest BCUT2D eigenvalue weighted by Crippen LogP contribution is 2.32. The number of aromatic nitrogens is 1.